The van der Waals surface area contributed by atoms with Gasteiger partial charge < -0.3 is 0 Å². The van der Waals surface area contributed by atoms with Gasteiger partial charge in [-0.25, -0.2) is 9.97 Å². The normalized spacial score (nSPS) is 11.1. The fourth-order valence-electron chi connectivity index (χ4n) is 1.99. The molecule has 0 saturated carbocycles. The van der Waals surface area contributed by atoms with Crippen LogP contribution in [0.25, 0.3) is 11.4 Å². The van der Waals surface area contributed by atoms with Gasteiger partial charge in [0.2, 0.25) is 0 Å². The van der Waals surface area contributed by atoms with E-state index in [4.69, 9.17) is 23.2 Å². The predicted molar refractivity (Wildman–Crippen MR) is 80.8 cm³/mol. The number of aromatic nitrogens is 2. The van der Waals surface area contributed by atoms with Crippen molar-refractivity contribution in [1.29, 1.82) is 0 Å². The molecule has 0 saturated heterocycles. The summed E-state index contributed by atoms with van der Waals surface area (Å²) in [7, 11) is 0. The summed E-state index contributed by atoms with van der Waals surface area (Å²) in [6.45, 7) is 6.31. The molecular weight excluding hydrogens is 279 g/mol. The van der Waals surface area contributed by atoms with Crippen LogP contribution in [0.3, 0.4) is 0 Å². The summed E-state index contributed by atoms with van der Waals surface area (Å²) in [6.07, 6.45) is 0.891. The summed E-state index contributed by atoms with van der Waals surface area (Å²) >= 11 is 12.1. The maximum Gasteiger partial charge on any atom is 0.161 e. The molecule has 0 unspecified atom stereocenters. The van der Waals surface area contributed by atoms with E-state index in [0.717, 1.165) is 23.2 Å². The van der Waals surface area contributed by atoms with E-state index in [0.29, 0.717) is 21.9 Å². The van der Waals surface area contributed by atoms with E-state index >= 15 is 0 Å². The molecular formula is C15H16Cl2N2. The van der Waals surface area contributed by atoms with Crippen molar-refractivity contribution in [1.82, 2.24) is 9.97 Å². The summed E-state index contributed by atoms with van der Waals surface area (Å²) in [5.41, 5.74) is 2.99. The number of hydrogen-bond donors (Lipinski definition) is 0. The van der Waals surface area contributed by atoms with Crippen molar-refractivity contribution in [2.75, 3.05) is 0 Å². The summed E-state index contributed by atoms with van der Waals surface area (Å²) in [5.74, 6) is 1.20. The molecule has 0 atom stereocenters. The highest BCUT2D eigenvalue weighted by atomic mass is 35.5. The quantitative estimate of drug-likeness (QED) is 0.748. The van der Waals surface area contributed by atoms with Crippen molar-refractivity contribution in [3.63, 3.8) is 0 Å². The van der Waals surface area contributed by atoms with Crippen LogP contribution in [0, 0.1) is 12.8 Å². The molecule has 0 amide bonds. The lowest BCUT2D eigenvalue weighted by atomic mass is 10.1. The Bertz CT molecular complexity index is 595. The van der Waals surface area contributed by atoms with E-state index < -0.39 is 0 Å². The van der Waals surface area contributed by atoms with Gasteiger partial charge in [0.25, 0.3) is 0 Å². The van der Waals surface area contributed by atoms with Gasteiger partial charge in [0.1, 0.15) is 5.15 Å². The van der Waals surface area contributed by atoms with Crippen LogP contribution >= 0.6 is 23.2 Å². The molecule has 4 heteroatoms. The van der Waals surface area contributed by atoms with Crippen LogP contribution in [0.2, 0.25) is 10.2 Å². The molecule has 1 aromatic heterocycles. The molecule has 0 aliphatic carbocycles. The number of rotatable bonds is 3. The van der Waals surface area contributed by atoms with E-state index in [1.54, 1.807) is 0 Å². The number of benzene rings is 1. The standard InChI is InChI=1S/C15H16Cl2N2/c1-9(2)6-12-8-14(17)19-15(18-12)13-5-4-11(16)7-10(13)3/h4-5,7-9H,6H2,1-3H3. The van der Waals surface area contributed by atoms with Crippen molar-refractivity contribution < 1.29 is 0 Å². The third-order valence-electron chi connectivity index (χ3n) is 2.79. The maximum absolute atomic E-state index is 6.09. The molecule has 2 aromatic rings. The van der Waals surface area contributed by atoms with Crippen LogP contribution in [0.5, 0.6) is 0 Å². The summed E-state index contributed by atoms with van der Waals surface area (Å²) < 4.78 is 0. The Labute approximate surface area is 123 Å². The molecule has 0 aliphatic heterocycles. The minimum Gasteiger partial charge on any atom is -0.233 e. The summed E-state index contributed by atoms with van der Waals surface area (Å²) in [4.78, 5) is 8.91. The molecule has 0 N–H and O–H groups in total. The molecule has 0 spiro atoms. The average molecular weight is 295 g/mol. The topological polar surface area (TPSA) is 25.8 Å². The molecule has 0 fully saturated rings. The minimum atomic E-state index is 0.481. The van der Waals surface area contributed by atoms with Crippen molar-refractivity contribution in [2.24, 2.45) is 5.92 Å². The fourth-order valence-corrected chi connectivity index (χ4v) is 2.42. The van der Waals surface area contributed by atoms with Crippen LogP contribution in [0.15, 0.2) is 24.3 Å². The van der Waals surface area contributed by atoms with Gasteiger partial charge in [-0.1, -0.05) is 37.0 Å². The Morgan fingerprint density at radius 1 is 1.11 bits per heavy atom. The first kappa shape index (κ1) is 14.3. The second-order valence-corrected chi connectivity index (χ2v) is 5.89. The van der Waals surface area contributed by atoms with Gasteiger partial charge in [0.15, 0.2) is 5.82 Å². The molecule has 100 valence electrons. The molecule has 1 aromatic carbocycles. The van der Waals surface area contributed by atoms with Crippen LogP contribution in [-0.2, 0) is 6.42 Å². The summed E-state index contributed by atoms with van der Waals surface area (Å²) in [5, 5.41) is 1.20. The van der Waals surface area contributed by atoms with E-state index in [1.165, 1.54) is 0 Å². The molecule has 1 heterocycles. The molecule has 0 bridgehead atoms. The Kier molecular flexibility index (Phi) is 4.43. The number of aryl methyl sites for hydroxylation is 1. The van der Waals surface area contributed by atoms with Gasteiger partial charge in [-0.15, -0.1) is 0 Å². The van der Waals surface area contributed by atoms with E-state index in [1.807, 2.05) is 31.2 Å². The minimum absolute atomic E-state index is 0.481. The first-order valence-corrected chi connectivity index (χ1v) is 7.01. The van der Waals surface area contributed by atoms with Crippen LogP contribution in [0.4, 0.5) is 0 Å². The van der Waals surface area contributed by atoms with E-state index in [-0.39, 0.29) is 0 Å². The van der Waals surface area contributed by atoms with Crippen LogP contribution in [0.1, 0.15) is 25.1 Å². The van der Waals surface area contributed by atoms with Gasteiger partial charge in [-0.3, -0.25) is 0 Å². The Hall–Kier alpha value is -1.12. The molecule has 0 aliphatic rings. The SMILES string of the molecule is Cc1cc(Cl)ccc1-c1nc(Cl)cc(CC(C)C)n1. The third kappa shape index (κ3) is 3.68. The Balaban J connectivity index is 2.46. The zero-order valence-corrected chi connectivity index (χ0v) is 12.8. The lowest BCUT2D eigenvalue weighted by molar-refractivity contribution is 0.634. The second-order valence-electron chi connectivity index (χ2n) is 5.06. The van der Waals surface area contributed by atoms with Gasteiger partial charge in [0.05, 0.1) is 0 Å². The van der Waals surface area contributed by atoms with Crippen molar-refractivity contribution >= 4 is 23.2 Å². The predicted octanol–water partition coefficient (Wildman–Crippen LogP) is 4.96. The smallest absolute Gasteiger partial charge is 0.161 e. The van der Waals surface area contributed by atoms with Crippen molar-refractivity contribution in [3.8, 4) is 11.4 Å². The largest absolute Gasteiger partial charge is 0.233 e. The molecule has 2 nitrogen and oxygen atoms in total. The van der Waals surface area contributed by atoms with Gasteiger partial charge in [-0.2, -0.15) is 0 Å². The Morgan fingerprint density at radius 2 is 1.84 bits per heavy atom. The van der Waals surface area contributed by atoms with Crippen LogP contribution in [-0.4, -0.2) is 9.97 Å². The van der Waals surface area contributed by atoms with Gasteiger partial charge in [0, 0.05) is 16.3 Å². The highest BCUT2D eigenvalue weighted by Crippen LogP contribution is 2.25. The number of hydrogen-bond acceptors (Lipinski definition) is 2. The monoisotopic (exact) mass is 294 g/mol. The van der Waals surface area contributed by atoms with Crippen LogP contribution < -0.4 is 0 Å². The molecule has 0 radical (unpaired) electrons. The summed E-state index contributed by atoms with van der Waals surface area (Å²) in [6, 6.07) is 7.51. The second kappa shape index (κ2) is 5.89. The first-order chi connectivity index (χ1) is 8.95. The first-order valence-electron chi connectivity index (χ1n) is 6.25. The van der Waals surface area contributed by atoms with Gasteiger partial charge >= 0.3 is 0 Å². The number of nitrogens with zero attached hydrogens (tertiary/aromatic N) is 2. The Morgan fingerprint density at radius 3 is 2.47 bits per heavy atom. The zero-order chi connectivity index (χ0) is 14.0. The highest BCUT2D eigenvalue weighted by Gasteiger charge is 2.09. The molecule has 19 heavy (non-hydrogen) atoms. The van der Waals surface area contributed by atoms with E-state index in [9.17, 15) is 0 Å². The fraction of sp³-hybridized carbons (Fsp3) is 0.333. The molecule has 2 rings (SSSR count). The van der Waals surface area contributed by atoms with Gasteiger partial charge in [-0.05, 0) is 49.1 Å². The average Bonchev–Trinajstić information content (AvgIpc) is 2.26. The van der Waals surface area contributed by atoms with E-state index in [2.05, 4.69) is 23.8 Å². The third-order valence-corrected chi connectivity index (χ3v) is 3.22. The lowest BCUT2D eigenvalue weighted by Crippen LogP contribution is -2.01. The van der Waals surface area contributed by atoms with Crippen molar-refractivity contribution in [2.45, 2.75) is 27.2 Å². The number of halogens is 2. The van der Waals surface area contributed by atoms with Crippen molar-refractivity contribution in [3.05, 3.63) is 45.7 Å². The maximum atomic E-state index is 6.09. The zero-order valence-electron chi connectivity index (χ0n) is 11.2. The highest BCUT2D eigenvalue weighted by molar-refractivity contribution is 6.30. The lowest BCUT2D eigenvalue weighted by Gasteiger charge is -2.09.